The number of carbonyl (C=O) groups is 1. The fourth-order valence-electron chi connectivity index (χ4n) is 2.20. The zero-order valence-corrected chi connectivity index (χ0v) is 12.6. The summed E-state index contributed by atoms with van der Waals surface area (Å²) < 4.78 is 1.77. The molecule has 1 saturated carbocycles. The molecule has 1 aromatic carbocycles. The number of benzene rings is 1. The fourth-order valence-corrected chi connectivity index (χ4v) is 2.20. The number of aliphatic hydroxyl groups is 1. The summed E-state index contributed by atoms with van der Waals surface area (Å²) in [5.41, 5.74) is 0.916. The van der Waals surface area contributed by atoms with Gasteiger partial charge in [-0.3, -0.25) is 4.79 Å². The number of para-hydroxylation sites is 1. The minimum absolute atomic E-state index is 0.0167. The topological polar surface area (TPSA) is 80.0 Å². The van der Waals surface area contributed by atoms with E-state index < -0.39 is 0 Å². The number of aliphatic hydroxyl groups excluding tert-OH is 1. The van der Waals surface area contributed by atoms with Crippen LogP contribution in [-0.2, 0) is 0 Å². The second-order valence-corrected chi connectivity index (χ2v) is 5.81. The summed E-state index contributed by atoms with van der Waals surface area (Å²) in [7, 11) is 0. The number of hydrogen-bond acceptors (Lipinski definition) is 4. The standard InChI is InChI=1S/C16H20N4O2/c1-11(10-21)9-17-16(22)14-18-15(12-7-8-12)20(19-14)13-5-3-2-4-6-13/h2-6,11-12,21H,7-10H2,1H3,(H,17,22). The van der Waals surface area contributed by atoms with Crippen molar-refractivity contribution in [2.24, 2.45) is 5.92 Å². The van der Waals surface area contributed by atoms with Gasteiger partial charge in [0.1, 0.15) is 5.82 Å². The molecule has 1 aromatic heterocycles. The number of aromatic nitrogens is 3. The lowest BCUT2D eigenvalue weighted by Crippen LogP contribution is -2.30. The maximum Gasteiger partial charge on any atom is 0.290 e. The molecule has 116 valence electrons. The average Bonchev–Trinajstić information content (AvgIpc) is 3.31. The number of nitrogens with zero attached hydrogens (tertiary/aromatic N) is 3. The Morgan fingerprint density at radius 1 is 1.41 bits per heavy atom. The number of hydrogen-bond donors (Lipinski definition) is 2. The van der Waals surface area contributed by atoms with Crippen molar-refractivity contribution in [2.45, 2.75) is 25.7 Å². The summed E-state index contributed by atoms with van der Waals surface area (Å²) in [6.45, 7) is 2.32. The predicted octanol–water partition coefficient (Wildman–Crippen LogP) is 1.50. The van der Waals surface area contributed by atoms with E-state index in [1.807, 2.05) is 37.3 Å². The Bertz CT molecular complexity index is 649. The number of nitrogens with one attached hydrogen (secondary N) is 1. The van der Waals surface area contributed by atoms with Gasteiger partial charge in [0.15, 0.2) is 0 Å². The summed E-state index contributed by atoms with van der Waals surface area (Å²) in [5, 5.41) is 16.1. The Balaban J connectivity index is 1.83. The molecule has 1 atom stereocenters. The van der Waals surface area contributed by atoms with E-state index in [4.69, 9.17) is 5.11 Å². The normalized spacial score (nSPS) is 15.5. The van der Waals surface area contributed by atoms with Crippen molar-refractivity contribution in [2.75, 3.05) is 13.2 Å². The molecule has 6 heteroatoms. The van der Waals surface area contributed by atoms with Crippen LogP contribution in [0.15, 0.2) is 30.3 Å². The number of amides is 1. The predicted molar refractivity (Wildman–Crippen MR) is 81.9 cm³/mol. The van der Waals surface area contributed by atoms with E-state index in [1.54, 1.807) is 4.68 Å². The third-order valence-electron chi connectivity index (χ3n) is 3.70. The molecule has 2 aromatic rings. The smallest absolute Gasteiger partial charge is 0.290 e. The van der Waals surface area contributed by atoms with Gasteiger partial charge in [-0.2, -0.15) is 0 Å². The van der Waals surface area contributed by atoms with Crippen molar-refractivity contribution in [3.8, 4) is 5.69 Å². The van der Waals surface area contributed by atoms with Gasteiger partial charge in [0.25, 0.3) is 5.91 Å². The molecule has 0 spiro atoms. The van der Waals surface area contributed by atoms with Crippen LogP contribution in [0, 0.1) is 5.92 Å². The lowest BCUT2D eigenvalue weighted by atomic mass is 10.2. The molecule has 1 heterocycles. The van der Waals surface area contributed by atoms with Crippen LogP contribution in [0.4, 0.5) is 0 Å². The van der Waals surface area contributed by atoms with Gasteiger partial charge in [-0.1, -0.05) is 25.1 Å². The van der Waals surface area contributed by atoms with Gasteiger partial charge >= 0.3 is 0 Å². The molecule has 0 bridgehead atoms. The van der Waals surface area contributed by atoms with Crippen molar-refractivity contribution in [3.63, 3.8) is 0 Å². The Kier molecular flexibility index (Phi) is 4.20. The molecule has 0 radical (unpaired) electrons. The molecule has 6 nitrogen and oxygen atoms in total. The van der Waals surface area contributed by atoms with Crippen molar-refractivity contribution in [1.82, 2.24) is 20.1 Å². The Morgan fingerprint density at radius 2 is 2.14 bits per heavy atom. The van der Waals surface area contributed by atoms with E-state index >= 15 is 0 Å². The van der Waals surface area contributed by atoms with Gasteiger partial charge in [-0.25, -0.2) is 9.67 Å². The summed E-state index contributed by atoms with van der Waals surface area (Å²) in [6.07, 6.45) is 2.18. The highest BCUT2D eigenvalue weighted by molar-refractivity contribution is 5.90. The second kappa shape index (κ2) is 6.27. The van der Waals surface area contributed by atoms with Gasteiger partial charge in [-0.15, -0.1) is 5.10 Å². The van der Waals surface area contributed by atoms with Crippen LogP contribution in [0.1, 0.15) is 42.1 Å². The third kappa shape index (κ3) is 3.17. The molecule has 1 amide bonds. The maximum atomic E-state index is 12.2. The molecule has 0 saturated heterocycles. The van der Waals surface area contributed by atoms with E-state index in [0.29, 0.717) is 12.5 Å². The van der Waals surface area contributed by atoms with Crippen molar-refractivity contribution < 1.29 is 9.90 Å². The fraction of sp³-hybridized carbons (Fsp3) is 0.438. The highest BCUT2D eigenvalue weighted by Gasteiger charge is 2.31. The second-order valence-electron chi connectivity index (χ2n) is 5.81. The molecule has 0 aliphatic heterocycles. The molecule has 1 fully saturated rings. The first-order chi connectivity index (χ1) is 10.7. The first kappa shape index (κ1) is 14.7. The van der Waals surface area contributed by atoms with Gasteiger partial charge in [0.05, 0.1) is 5.69 Å². The molecule has 1 aliphatic carbocycles. The lowest BCUT2D eigenvalue weighted by Gasteiger charge is -2.07. The van der Waals surface area contributed by atoms with E-state index in [9.17, 15) is 4.79 Å². The molecular weight excluding hydrogens is 280 g/mol. The van der Waals surface area contributed by atoms with E-state index in [1.165, 1.54) is 0 Å². The van der Waals surface area contributed by atoms with Crippen molar-refractivity contribution in [1.29, 1.82) is 0 Å². The average molecular weight is 300 g/mol. The van der Waals surface area contributed by atoms with Crippen molar-refractivity contribution in [3.05, 3.63) is 42.0 Å². The van der Waals surface area contributed by atoms with E-state index in [2.05, 4.69) is 15.4 Å². The summed E-state index contributed by atoms with van der Waals surface area (Å²) in [4.78, 5) is 16.6. The van der Waals surface area contributed by atoms with Crippen LogP contribution in [0.2, 0.25) is 0 Å². The largest absolute Gasteiger partial charge is 0.396 e. The number of carbonyl (C=O) groups excluding carboxylic acids is 1. The zero-order chi connectivity index (χ0) is 15.5. The lowest BCUT2D eigenvalue weighted by molar-refractivity contribution is 0.0932. The summed E-state index contributed by atoms with van der Waals surface area (Å²) in [6, 6.07) is 9.74. The van der Waals surface area contributed by atoms with Gasteiger partial charge < -0.3 is 10.4 Å². The Labute approximate surface area is 129 Å². The Morgan fingerprint density at radius 3 is 2.77 bits per heavy atom. The molecular formula is C16H20N4O2. The summed E-state index contributed by atoms with van der Waals surface area (Å²) in [5.74, 6) is 1.16. The molecule has 2 N–H and O–H groups in total. The summed E-state index contributed by atoms with van der Waals surface area (Å²) >= 11 is 0. The van der Waals surface area contributed by atoms with Crippen LogP contribution in [0.25, 0.3) is 5.69 Å². The maximum absolute atomic E-state index is 12.2. The molecule has 3 rings (SSSR count). The van der Waals surface area contributed by atoms with Gasteiger partial charge in [0, 0.05) is 19.1 Å². The SMILES string of the molecule is CC(CO)CNC(=O)c1nc(C2CC2)n(-c2ccccc2)n1. The molecule has 1 aliphatic rings. The van der Waals surface area contributed by atoms with E-state index in [-0.39, 0.29) is 24.3 Å². The van der Waals surface area contributed by atoms with E-state index in [0.717, 1.165) is 24.4 Å². The quantitative estimate of drug-likeness (QED) is 0.847. The van der Waals surface area contributed by atoms with Crippen LogP contribution in [0.5, 0.6) is 0 Å². The zero-order valence-electron chi connectivity index (χ0n) is 12.6. The monoisotopic (exact) mass is 300 g/mol. The molecule has 22 heavy (non-hydrogen) atoms. The van der Waals surface area contributed by atoms with Crippen LogP contribution in [0.3, 0.4) is 0 Å². The third-order valence-corrected chi connectivity index (χ3v) is 3.70. The van der Waals surface area contributed by atoms with Crippen LogP contribution < -0.4 is 5.32 Å². The molecule has 1 unspecified atom stereocenters. The van der Waals surface area contributed by atoms with Crippen LogP contribution in [-0.4, -0.2) is 38.9 Å². The minimum atomic E-state index is -0.295. The van der Waals surface area contributed by atoms with Crippen LogP contribution >= 0.6 is 0 Å². The Hall–Kier alpha value is -2.21. The first-order valence-electron chi connectivity index (χ1n) is 7.60. The first-order valence-corrected chi connectivity index (χ1v) is 7.60. The minimum Gasteiger partial charge on any atom is -0.396 e. The van der Waals surface area contributed by atoms with Crippen molar-refractivity contribution >= 4 is 5.91 Å². The highest BCUT2D eigenvalue weighted by atomic mass is 16.3. The van der Waals surface area contributed by atoms with Gasteiger partial charge in [0.2, 0.25) is 5.82 Å². The highest BCUT2D eigenvalue weighted by Crippen LogP contribution is 2.39. The number of rotatable bonds is 6. The van der Waals surface area contributed by atoms with Gasteiger partial charge in [-0.05, 0) is 30.9 Å².